The molecule has 1 saturated heterocycles. The van der Waals surface area contributed by atoms with Crippen LogP contribution in [0.1, 0.15) is 81.1 Å². The Kier molecular flexibility index (Phi) is 8.33. The summed E-state index contributed by atoms with van der Waals surface area (Å²) in [5, 5.41) is 6.95. The molecule has 1 aliphatic carbocycles. The van der Waals surface area contributed by atoms with Gasteiger partial charge in [0.15, 0.2) is 0 Å². The van der Waals surface area contributed by atoms with Crippen LogP contribution in [-0.2, 0) is 14.1 Å². The van der Waals surface area contributed by atoms with Gasteiger partial charge in [-0.25, -0.2) is 0 Å². The quantitative estimate of drug-likeness (QED) is 0.567. The molecule has 0 aromatic carbocycles. The highest BCUT2D eigenvalue weighted by molar-refractivity contribution is 6.45. The Hall–Kier alpha value is -0.625. The van der Waals surface area contributed by atoms with Crippen LogP contribution in [0.5, 0.6) is 0 Å². The van der Waals surface area contributed by atoms with E-state index in [2.05, 4.69) is 85.0 Å². The fraction of sp³-hybridized carbons (Fsp3) is 0.958. The summed E-state index contributed by atoms with van der Waals surface area (Å²) in [6.07, 6.45) is 4.95. The fourth-order valence-corrected chi connectivity index (χ4v) is 5.14. The molecule has 0 bridgehead atoms. The largest absolute Gasteiger partial charge is 0.457 e. The van der Waals surface area contributed by atoms with Crippen molar-refractivity contribution >= 4 is 13.0 Å². The van der Waals surface area contributed by atoms with Gasteiger partial charge in [-0.05, 0) is 107 Å². The molecule has 0 aromatic heterocycles. The number of likely N-dealkylation sites (N-methyl/N-ethyl adjacent to an activating group) is 1. The Bertz CT molecular complexity index is 602. The first-order valence-electron chi connectivity index (χ1n) is 12.2. The molecule has 0 spiro atoms. The van der Waals surface area contributed by atoms with Crippen molar-refractivity contribution < 1.29 is 14.1 Å². The molecule has 2 aliphatic rings. The van der Waals surface area contributed by atoms with Gasteiger partial charge in [-0.1, -0.05) is 13.3 Å². The highest BCUT2D eigenvalue weighted by Gasteiger charge is 2.52. The van der Waals surface area contributed by atoms with Gasteiger partial charge in [-0.3, -0.25) is 4.79 Å². The first-order chi connectivity index (χ1) is 14.1. The maximum absolute atomic E-state index is 13.7. The Morgan fingerprint density at radius 1 is 1.10 bits per heavy atom. The summed E-state index contributed by atoms with van der Waals surface area (Å²) in [4.78, 5) is 15.9. The van der Waals surface area contributed by atoms with E-state index in [1.807, 2.05) is 0 Å². The van der Waals surface area contributed by atoms with Crippen LogP contribution < -0.4 is 10.6 Å². The number of carbonyl (C=O) groups excluding carboxylic acids is 1. The van der Waals surface area contributed by atoms with Gasteiger partial charge in [0.05, 0.1) is 11.2 Å². The molecule has 2 rings (SSSR count). The third kappa shape index (κ3) is 6.46. The predicted octanol–water partition coefficient (Wildman–Crippen LogP) is 3.71. The minimum absolute atomic E-state index is 0.147. The fourth-order valence-electron chi connectivity index (χ4n) is 5.14. The Morgan fingerprint density at radius 3 is 2.16 bits per heavy atom. The van der Waals surface area contributed by atoms with E-state index < -0.39 is 5.54 Å². The van der Waals surface area contributed by atoms with E-state index in [0.717, 1.165) is 45.1 Å². The second-order valence-electron chi connectivity index (χ2n) is 12.1. The molecule has 6 nitrogen and oxygen atoms in total. The lowest BCUT2D eigenvalue weighted by Gasteiger charge is -2.48. The van der Waals surface area contributed by atoms with Gasteiger partial charge in [0.25, 0.3) is 0 Å². The number of nitrogens with zero attached hydrogens (tertiary/aromatic N) is 1. The Balaban J connectivity index is 2.15. The van der Waals surface area contributed by atoms with Gasteiger partial charge in [-0.15, -0.1) is 0 Å². The molecular formula is C24H48BN3O3. The van der Waals surface area contributed by atoms with Crippen molar-refractivity contribution in [1.82, 2.24) is 15.5 Å². The summed E-state index contributed by atoms with van der Waals surface area (Å²) in [5.41, 5.74) is -1.37. The lowest BCUT2D eigenvalue weighted by Crippen LogP contribution is -2.67. The second kappa shape index (κ2) is 9.70. The average Bonchev–Trinajstić information content (AvgIpc) is 2.80. The normalized spacial score (nSPS) is 30.6. The van der Waals surface area contributed by atoms with Gasteiger partial charge >= 0.3 is 7.12 Å². The lowest BCUT2D eigenvalue weighted by atomic mass is 9.64. The summed E-state index contributed by atoms with van der Waals surface area (Å²) in [6.45, 7) is 18.4. The number of nitrogens with one attached hydrogen (secondary N) is 2. The molecule has 1 heterocycles. The summed E-state index contributed by atoms with van der Waals surface area (Å²) < 4.78 is 12.4. The monoisotopic (exact) mass is 437 g/mol. The molecule has 0 unspecified atom stereocenters. The zero-order valence-electron chi connectivity index (χ0n) is 21.9. The second-order valence-corrected chi connectivity index (χ2v) is 12.1. The zero-order valence-corrected chi connectivity index (χ0v) is 21.9. The smallest absolute Gasteiger partial charge is 0.403 e. The van der Waals surface area contributed by atoms with Crippen molar-refractivity contribution in [2.45, 2.75) is 110 Å². The number of hydrogen-bond donors (Lipinski definition) is 2. The van der Waals surface area contributed by atoms with Crippen LogP contribution >= 0.6 is 0 Å². The highest BCUT2D eigenvalue weighted by atomic mass is 16.7. The van der Waals surface area contributed by atoms with E-state index in [0.29, 0.717) is 5.92 Å². The van der Waals surface area contributed by atoms with Crippen molar-refractivity contribution in [2.75, 3.05) is 27.2 Å². The van der Waals surface area contributed by atoms with Crippen LogP contribution in [0.4, 0.5) is 0 Å². The van der Waals surface area contributed by atoms with Crippen molar-refractivity contribution in [1.29, 1.82) is 0 Å². The first-order valence-corrected chi connectivity index (χ1v) is 12.2. The van der Waals surface area contributed by atoms with Gasteiger partial charge in [0, 0.05) is 12.1 Å². The predicted molar refractivity (Wildman–Crippen MR) is 129 cm³/mol. The molecule has 1 saturated carbocycles. The molecule has 31 heavy (non-hydrogen) atoms. The SMILES string of the molecule is CCN[C@]1(C(=O)NC(C)(C)C)C[C@H](CCB2OC(C)(C)C(C)(C)O2)CC[C@H]1CN(C)C. The van der Waals surface area contributed by atoms with Crippen molar-refractivity contribution in [3.05, 3.63) is 0 Å². The van der Waals surface area contributed by atoms with Crippen LogP contribution in [0.15, 0.2) is 0 Å². The van der Waals surface area contributed by atoms with E-state index in [1.165, 1.54) is 0 Å². The standard InChI is InChI=1S/C24H48BN3O3/c1-11-26-24(20(29)27-21(2,3)4)16-18(12-13-19(24)17-28(9)10)14-15-25-30-22(5,6)23(7,8)31-25/h18-19,26H,11-17H2,1-10H3,(H,27,29)/t18-,19-,24+/m0/s1. The number of amides is 1. The van der Waals surface area contributed by atoms with E-state index in [9.17, 15) is 4.79 Å². The van der Waals surface area contributed by atoms with Crippen molar-refractivity contribution in [2.24, 2.45) is 11.8 Å². The number of rotatable bonds is 8. The summed E-state index contributed by atoms with van der Waals surface area (Å²) >= 11 is 0. The van der Waals surface area contributed by atoms with Gasteiger partial charge < -0.3 is 24.8 Å². The maximum Gasteiger partial charge on any atom is 0.457 e. The number of hydrogen-bond acceptors (Lipinski definition) is 5. The zero-order chi connectivity index (χ0) is 23.7. The molecule has 7 heteroatoms. The van der Waals surface area contributed by atoms with Crippen molar-refractivity contribution in [3.8, 4) is 0 Å². The molecule has 180 valence electrons. The van der Waals surface area contributed by atoms with E-state index in [1.54, 1.807) is 0 Å². The first kappa shape index (κ1) is 26.6. The molecule has 2 fully saturated rings. The minimum Gasteiger partial charge on any atom is -0.403 e. The van der Waals surface area contributed by atoms with Gasteiger partial charge in [-0.2, -0.15) is 0 Å². The summed E-state index contributed by atoms with van der Waals surface area (Å²) in [6, 6.07) is 0. The van der Waals surface area contributed by atoms with Crippen LogP contribution in [-0.4, -0.2) is 67.4 Å². The molecular weight excluding hydrogens is 389 g/mol. The topological polar surface area (TPSA) is 62.8 Å². The van der Waals surface area contributed by atoms with Gasteiger partial charge in [0.2, 0.25) is 5.91 Å². The molecule has 0 radical (unpaired) electrons. The number of carbonyl (C=O) groups is 1. The molecule has 3 atom stereocenters. The highest BCUT2D eigenvalue weighted by Crippen LogP contribution is 2.42. The molecule has 2 N–H and O–H groups in total. The third-order valence-electron chi connectivity index (χ3n) is 7.32. The average molecular weight is 437 g/mol. The van der Waals surface area contributed by atoms with Crippen LogP contribution in [0.25, 0.3) is 0 Å². The van der Waals surface area contributed by atoms with E-state index in [4.69, 9.17) is 9.31 Å². The van der Waals surface area contributed by atoms with E-state index >= 15 is 0 Å². The van der Waals surface area contributed by atoms with Crippen LogP contribution in [0.2, 0.25) is 6.32 Å². The molecule has 1 amide bonds. The maximum atomic E-state index is 13.7. The summed E-state index contributed by atoms with van der Waals surface area (Å²) in [7, 11) is 4.03. The lowest BCUT2D eigenvalue weighted by molar-refractivity contribution is -0.134. The minimum atomic E-state index is -0.537. The van der Waals surface area contributed by atoms with Crippen LogP contribution in [0, 0.1) is 11.8 Å². The Morgan fingerprint density at radius 2 is 1.68 bits per heavy atom. The summed E-state index contributed by atoms with van der Waals surface area (Å²) in [5.74, 6) is 0.911. The molecule has 1 aliphatic heterocycles. The Labute approximate surface area is 191 Å². The van der Waals surface area contributed by atoms with Crippen LogP contribution in [0.3, 0.4) is 0 Å². The van der Waals surface area contributed by atoms with E-state index in [-0.39, 0.29) is 35.7 Å². The molecule has 0 aromatic rings. The third-order valence-corrected chi connectivity index (χ3v) is 7.32. The van der Waals surface area contributed by atoms with Gasteiger partial charge in [0.1, 0.15) is 5.54 Å². The van der Waals surface area contributed by atoms with Crippen molar-refractivity contribution in [3.63, 3.8) is 0 Å².